The van der Waals surface area contributed by atoms with E-state index in [9.17, 15) is 16.8 Å². The summed E-state index contributed by atoms with van der Waals surface area (Å²) in [6.07, 6.45) is 0. The van der Waals surface area contributed by atoms with Crippen molar-refractivity contribution in [3.05, 3.63) is 0 Å². The Morgan fingerprint density at radius 1 is 0.909 bits per heavy atom. The van der Waals surface area contributed by atoms with Crippen LogP contribution in [0.4, 0.5) is 0 Å². The summed E-state index contributed by atoms with van der Waals surface area (Å²) in [5, 5.41) is 0. The molecule has 2 N–H and O–H groups in total. The predicted octanol–water partition coefficient (Wildman–Crippen LogP) is -2.47. The van der Waals surface area contributed by atoms with E-state index in [1.807, 2.05) is 0 Å². The molecule has 0 aliphatic carbocycles. The first-order chi connectivity index (χ1) is 3.71. The molecule has 4 radical (unpaired) electrons. The molecule has 0 aliphatic heterocycles. The van der Waals surface area contributed by atoms with Crippen LogP contribution in [-0.2, 0) is 17.1 Å². The van der Waals surface area contributed by atoms with Crippen LogP contribution in [-0.4, -0.2) is 83.4 Å². The van der Waals surface area contributed by atoms with Gasteiger partial charge in [0.05, 0.1) is 0 Å². The normalized spacial score (nSPS) is 11.1. The molecule has 0 aromatic carbocycles. The molecule has 0 heterocycles. The van der Waals surface area contributed by atoms with Gasteiger partial charge in [0.15, 0.2) is 0 Å². The third-order valence-corrected chi connectivity index (χ3v) is 8.04. The fourth-order valence-corrected chi connectivity index (χ4v) is 5.08. The zero-order valence-electron chi connectivity index (χ0n) is 5.33. The molecule has 0 saturated heterocycles. The molecule has 0 bridgehead atoms. The molecule has 6 nitrogen and oxygen atoms in total. The minimum absolute atomic E-state index is 0. The van der Waals surface area contributed by atoms with Crippen molar-refractivity contribution in [3.63, 3.8) is 0 Å². The molecule has 0 amide bonds. The fourth-order valence-electron chi connectivity index (χ4n) is 0.109. The van der Waals surface area contributed by atoms with E-state index in [-0.39, 0.29) is 44.7 Å². The Morgan fingerprint density at radius 3 is 1.09 bits per heavy atom. The first kappa shape index (κ1) is 18.6. The summed E-state index contributed by atoms with van der Waals surface area (Å²) in [6, 6.07) is 0. The maximum absolute atomic E-state index is 9.69. The van der Waals surface area contributed by atoms with E-state index in [0.717, 1.165) is 0 Å². The first-order valence-electron chi connectivity index (χ1n) is 1.37. The maximum Gasteiger partial charge on any atom is 0 e. The van der Waals surface area contributed by atoms with Gasteiger partial charge in [-0.2, -0.15) is 0 Å². The largest absolute Gasteiger partial charge is 0 e. The van der Waals surface area contributed by atoms with E-state index in [2.05, 4.69) is 0 Å². The second-order valence-corrected chi connectivity index (χ2v) is 11.1. The second-order valence-electron chi connectivity index (χ2n) is 0.924. The molecule has 0 fully saturated rings. The van der Waals surface area contributed by atoms with Gasteiger partial charge in [0.1, 0.15) is 0 Å². The number of hydrogen-bond donors (Lipinski definition) is 2. The SMILES string of the molecule is O=S(=O)(O)[Se]S(=O)(=O)O.[In].[Li]. The van der Waals surface area contributed by atoms with Gasteiger partial charge in [0.2, 0.25) is 0 Å². The molecule has 0 spiro atoms. The smallest absolute Gasteiger partial charge is 0 e. The van der Waals surface area contributed by atoms with Crippen LogP contribution in [0.25, 0.3) is 0 Å². The fraction of sp³-hybridized carbons (Fsp3) is 0. The summed E-state index contributed by atoms with van der Waals surface area (Å²) in [5.74, 6) is 0. The van der Waals surface area contributed by atoms with Crippen molar-refractivity contribution >= 4 is 74.5 Å². The van der Waals surface area contributed by atoms with Crippen LogP contribution in [0.15, 0.2) is 0 Å². The molecule has 0 unspecified atom stereocenters. The molecule has 0 saturated carbocycles. The van der Waals surface area contributed by atoms with Gasteiger partial charge in [-0.15, -0.1) is 0 Å². The standard InChI is InChI=1S/In.Li.H2O6S2Se/c;;1-7(2,3)9-8(4,5)6/h;;(H,1,2,3)(H,4,5,6). The van der Waals surface area contributed by atoms with Crippen LogP contribution >= 0.6 is 0 Å². The Hall–Kier alpha value is 1.81. The molecule has 0 rings (SSSR count). The molecule has 0 aliphatic rings. The molecule has 0 atom stereocenters. The van der Waals surface area contributed by atoms with Crippen LogP contribution in [0.5, 0.6) is 0 Å². The topological polar surface area (TPSA) is 109 Å². The van der Waals surface area contributed by atoms with Gasteiger partial charge < -0.3 is 0 Å². The maximum atomic E-state index is 9.69. The second kappa shape index (κ2) is 6.29. The van der Waals surface area contributed by atoms with Crippen molar-refractivity contribution < 1.29 is 25.9 Å². The summed E-state index contributed by atoms with van der Waals surface area (Å²) < 4.78 is 54.4. The third-order valence-electron chi connectivity index (χ3n) is 0.172. The molecule has 60 valence electrons. The van der Waals surface area contributed by atoms with Gasteiger partial charge in [0.25, 0.3) is 0 Å². The van der Waals surface area contributed by atoms with Gasteiger partial charge in [0, 0.05) is 44.7 Å². The van der Waals surface area contributed by atoms with Crippen LogP contribution in [0.3, 0.4) is 0 Å². The summed E-state index contributed by atoms with van der Waals surface area (Å²) in [5.41, 5.74) is 0. The zero-order valence-corrected chi connectivity index (χ0v) is 12.0. The van der Waals surface area contributed by atoms with E-state index in [1.54, 1.807) is 0 Å². The minimum atomic E-state index is -4.56. The summed E-state index contributed by atoms with van der Waals surface area (Å²) in [7, 11) is -9.11. The molecule has 11 heteroatoms. The van der Waals surface area contributed by atoms with Gasteiger partial charge in [-0.3, -0.25) is 0 Å². The van der Waals surface area contributed by atoms with Crippen LogP contribution in [0, 0.1) is 0 Å². The van der Waals surface area contributed by atoms with Crippen molar-refractivity contribution in [2.45, 2.75) is 0 Å². The predicted molar refractivity (Wildman–Crippen MR) is 40.4 cm³/mol. The van der Waals surface area contributed by atoms with Gasteiger partial charge in [-0.05, 0) is 0 Å². The van der Waals surface area contributed by atoms with E-state index in [0.29, 0.717) is 0 Å². The van der Waals surface area contributed by atoms with Crippen LogP contribution in [0.2, 0.25) is 0 Å². The van der Waals surface area contributed by atoms with Crippen LogP contribution in [0.1, 0.15) is 0 Å². The van der Waals surface area contributed by atoms with Crippen molar-refractivity contribution in [1.29, 1.82) is 0 Å². The molecule has 0 aromatic heterocycles. The Balaban J connectivity index is -0.000000320. The van der Waals surface area contributed by atoms with Gasteiger partial charge >= 0.3 is 55.7 Å². The summed E-state index contributed by atoms with van der Waals surface area (Å²) in [4.78, 5) is 0. The van der Waals surface area contributed by atoms with Gasteiger partial charge in [-0.1, -0.05) is 0 Å². The van der Waals surface area contributed by atoms with E-state index >= 15 is 0 Å². The summed E-state index contributed by atoms with van der Waals surface area (Å²) in [6.45, 7) is 0. The third kappa shape index (κ3) is 18.6. The van der Waals surface area contributed by atoms with E-state index < -0.39 is 29.8 Å². The summed E-state index contributed by atoms with van der Waals surface area (Å²) >= 11 is -2.19. The Bertz CT molecular complexity index is 246. The van der Waals surface area contributed by atoms with Crippen molar-refractivity contribution in [1.82, 2.24) is 0 Å². The van der Waals surface area contributed by atoms with E-state index in [1.165, 1.54) is 0 Å². The average molecular weight is 363 g/mol. The number of hydrogen-bond acceptors (Lipinski definition) is 4. The van der Waals surface area contributed by atoms with Gasteiger partial charge in [-0.25, -0.2) is 0 Å². The first-order valence-corrected chi connectivity index (χ1v) is 8.29. The van der Waals surface area contributed by atoms with Crippen LogP contribution < -0.4 is 0 Å². The Kier molecular flexibility index (Phi) is 10.6. The monoisotopic (exact) mass is 364 g/mol. The van der Waals surface area contributed by atoms with Crippen molar-refractivity contribution in [2.24, 2.45) is 0 Å². The molecule has 11 heavy (non-hydrogen) atoms. The number of rotatable bonds is 2. The quantitative estimate of drug-likeness (QED) is 0.416. The van der Waals surface area contributed by atoms with E-state index in [4.69, 9.17) is 9.11 Å². The molecule has 0 aromatic rings. The minimum Gasteiger partial charge on any atom is 0 e. The average Bonchev–Trinajstić information content (AvgIpc) is 1.14. The van der Waals surface area contributed by atoms with Crippen molar-refractivity contribution in [2.75, 3.05) is 0 Å². The molecular weight excluding hydrogens is 361 g/mol. The zero-order chi connectivity index (χ0) is 7.71. The van der Waals surface area contributed by atoms with Crippen molar-refractivity contribution in [3.8, 4) is 0 Å². The Morgan fingerprint density at radius 2 is 1.09 bits per heavy atom. The Labute approximate surface area is 99.3 Å². The molecular formula is H2InLiO6S2Se.